The van der Waals surface area contributed by atoms with Gasteiger partial charge < -0.3 is 9.15 Å². The van der Waals surface area contributed by atoms with Crippen molar-refractivity contribution in [2.75, 3.05) is 18.0 Å². The number of carbonyl (C=O) groups excluding carboxylic acids is 1. The molecule has 0 fully saturated rings. The maximum atomic E-state index is 13.6. The minimum Gasteiger partial charge on any atom is -0.465 e. The highest BCUT2D eigenvalue weighted by atomic mass is 32.2. The van der Waals surface area contributed by atoms with Crippen LogP contribution in [-0.4, -0.2) is 33.0 Å². The van der Waals surface area contributed by atoms with E-state index in [2.05, 4.69) is 4.98 Å². The summed E-state index contributed by atoms with van der Waals surface area (Å²) in [6.45, 7) is 5.47. The van der Waals surface area contributed by atoms with Gasteiger partial charge in [0, 0.05) is 12.1 Å². The largest absolute Gasteiger partial charge is 0.465 e. The highest BCUT2D eigenvalue weighted by Crippen LogP contribution is 2.31. The van der Waals surface area contributed by atoms with E-state index in [0.29, 0.717) is 33.8 Å². The summed E-state index contributed by atoms with van der Waals surface area (Å²) in [6.07, 6.45) is 0. The summed E-state index contributed by atoms with van der Waals surface area (Å²) in [5.41, 5.74) is 4.00. The smallest absolute Gasteiger partial charge is 0.338 e. The molecule has 1 heterocycles. The van der Waals surface area contributed by atoms with Crippen LogP contribution in [0.1, 0.15) is 28.4 Å². The van der Waals surface area contributed by atoms with Crippen molar-refractivity contribution in [1.29, 1.82) is 0 Å². The van der Waals surface area contributed by atoms with Gasteiger partial charge in [0.15, 0.2) is 5.58 Å². The molecule has 3 aromatic carbocycles. The van der Waals surface area contributed by atoms with Crippen molar-refractivity contribution >= 4 is 32.8 Å². The van der Waals surface area contributed by atoms with E-state index in [9.17, 15) is 13.2 Å². The van der Waals surface area contributed by atoms with Crippen LogP contribution in [0.25, 0.3) is 22.6 Å². The van der Waals surface area contributed by atoms with Gasteiger partial charge in [-0.1, -0.05) is 18.2 Å². The Morgan fingerprint density at radius 1 is 1.06 bits per heavy atom. The topological polar surface area (TPSA) is 89.7 Å². The van der Waals surface area contributed by atoms with Gasteiger partial charge in [0.05, 0.1) is 23.3 Å². The third kappa shape index (κ3) is 4.09. The number of rotatable bonds is 6. The Labute approximate surface area is 192 Å². The summed E-state index contributed by atoms with van der Waals surface area (Å²) in [5, 5.41) is 0. The lowest BCUT2D eigenvalue weighted by atomic mass is 10.0. The lowest BCUT2D eigenvalue weighted by Gasteiger charge is -2.23. The Bertz CT molecular complexity index is 1440. The number of oxazole rings is 1. The molecular weight excluding hydrogens is 440 g/mol. The normalized spacial score (nSPS) is 11.5. The van der Waals surface area contributed by atoms with E-state index in [1.807, 2.05) is 30.3 Å². The van der Waals surface area contributed by atoms with Gasteiger partial charge in [-0.25, -0.2) is 18.2 Å². The Hall–Kier alpha value is -3.65. The van der Waals surface area contributed by atoms with Crippen LogP contribution in [0.2, 0.25) is 0 Å². The maximum absolute atomic E-state index is 13.6. The van der Waals surface area contributed by atoms with E-state index in [1.165, 1.54) is 17.5 Å². The van der Waals surface area contributed by atoms with E-state index in [4.69, 9.17) is 9.15 Å². The third-order valence-corrected chi connectivity index (χ3v) is 7.48. The van der Waals surface area contributed by atoms with Gasteiger partial charge in [-0.2, -0.15) is 0 Å². The molecule has 0 bridgehead atoms. The molecule has 0 aliphatic carbocycles. The molecule has 0 atom stereocenters. The monoisotopic (exact) mass is 464 g/mol. The van der Waals surface area contributed by atoms with Gasteiger partial charge >= 0.3 is 5.97 Å². The van der Waals surface area contributed by atoms with Crippen molar-refractivity contribution in [1.82, 2.24) is 4.98 Å². The van der Waals surface area contributed by atoms with Gasteiger partial charge in [0.25, 0.3) is 10.0 Å². The van der Waals surface area contributed by atoms with E-state index < -0.39 is 16.0 Å². The van der Waals surface area contributed by atoms with Gasteiger partial charge in [-0.15, -0.1) is 0 Å². The summed E-state index contributed by atoms with van der Waals surface area (Å²) < 4.78 is 39.1. The number of benzene rings is 3. The minimum absolute atomic E-state index is 0.0260. The summed E-state index contributed by atoms with van der Waals surface area (Å²) in [7, 11) is -2.68. The van der Waals surface area contributed by atoms with Crippen LogP contribution >= 0.6 is 0 Å². The second kappa shape index (κ2) is 8.71. The van der Waals surface area contributed by atoms with Gasteiger partial charge in [0.2, 0.25) is 5.89 Å². The molecule has 0 saturated heterocycles. The van der Waals surface area contributed by atoms with Gasteiger partial charge in [-0.05, 0) is 74.4 Å². The molecular formula is C25H24N2O5S. The Balaban J connectivity index is 1.78. The molecule has 8 heteroatoms. The van der Waals surface area contributed by atoms with Crippen molar-refractivity contribution in [2.45, 2.75) is 25.7 Å². The molecule has 0 amide bonds. The number of aryl methyl sites for hydroxylation is 1. The first-order valence-electron chi connectivity index (χ1n) is 10.4. The predicted octanol–water partition coefficient (Wildman–Crippen LogP) is 5.11. The SMILES string of the molecule is CCN(c1ccc2oc(-c3ccccc3)nc2c1)S(=O)(=O)c1cc(C)c(C)c(C(=O)OC)c1. The van der Waals surface area contributed by atoms with Crippen LogP contribution in [-0.2, 0) is 14.8 Å². The first-order valence-corrected chi connectivity index (χ1v) is 11.9. The zero-order valence-corrected chi connectivity index (χ0v) is 19.6. The highest BCUT2D eigenvalue weighted by Gasteiger charge is 2.27. The minimum atomic E-state index is -3.95. The second-order valence-electron chi connectivity index (χ2n) is 7.61. The molecule has 4 aromatic rings. The quantitative estimate of drug-likeness (QED) is 0.368. The van der Waals surface area contributed by atoms with Crippen LogP contribution in [0.3, 0.4) is 0 Å². The molecule has 0 aliphatic heterocycles. The van der Waals surface area contributed by atoms with E-state index >= 15 is 0 Å². The number of nitrogens with zero attached hydrogens (tertiary/aromatic N) is 2. The van der Waals surface area contributed by atoms with Crippen molar-refractivity contribution in [3.05, 3.63) is 77.4 Å². The van der Waals surface area contributed by atoms with Crippen LogP contribution in [0.5, 0.6) is 0 Å². The molecule has 0 radical (unpaired) electrons. The lowest BCUT2D eigenvalue weighted by molar-refractivity contribution is 0.0599. The number of sulfonamides is 1. The molecule has 170 valence electrons. The first-order chi connectivity index (χ1) is 15.8. The van der Waals surface area contributed by atoms with E-state index in [1.54, 1.807) is 45.0 Å². The van der Waals surface area contributed by atoms with Crippen LogP contribution in [0.15, 0.2) is 70.0 Å². The number of methoxy groups -OCH3 is 1. The lowest BCUT2D eigenvalue weighted by Crippen LogP contribution is -2.31. The molecule has 4 rings (SSSR count). The molecule has 0 spiro atoms. The molecule has 7 nitrogen and oxygen atoms in total. The number of esters is 1. The molecule has 0 unspecified atom stereocenters. The van der Waals surface area contributed by atoms with Gasteiger partial charge in [-0.3, -0.25) is 4.31 Å². The molecule has 0 aliphatic rings. The zero-order valence-electron chi connectivity index (χ0n) is 18.8. The molecule has 1 aromatic heterocycles. The summed E-state index contributed by atoms with van der Waals surface area (Å²) in [6, 6.07) is 17.5. The van der Waals surface area contributed by atoms with Crippen LogP contribution in [0.4, 0.5) is 5.69 Å². The van der Waals surface area contributed by atoms with Crippen molar-refractivity contribution < 1.29 is 22.4 Å². The standard InChI is InChI=1S/C25H24N2O5S/c1-5-27(33(29,30)20-13-16(2)17(3)21(15-20)25(28)31-4)19-11-12-23-22(14-19)26-24(32-23)18-9-7-6-8-10-18/h6-15H,5H2,1-4H3. The van der Waals surface area contributed by atoms with Gasteiger partial charge in [0.1, 0.15) is 5.52 Å². The molecule has 0 N–H and O–H groups in total. The third-order valence-electron chi connectivity index (χ3n) is 5.60. The summed E-state index contributed by atoms with van der Waals surface area (Å²) in [4.78, 5) is 16.8. The number of fused-ring (bicyclic) bond motifs is 1. The number of aromatic nitrogens is 1. The maximum Gasteiger partial charge on any atom is 0.338 e. The van der Waals surface area contributed by atoms with Crippen molar-refractivity contribution in [3.63, 3.8) is 0 Å². The predicted molar refractivity (Wildman–Crippen MR) is 127 cm³/mol. The summed E-state index contributed by atoms with van der Waals surface area (Å²) >= 11 is 0. The number of hydrogen-bond acceptors (Lipinski definition) is 6. The molecule has 33 heavy (non-hydrogen) atoms. The fourth-order valence-electron chi connectivity index (χ4n) is 3.69. The first kappa shape index (κ1) is 22.5. The Morgan fingerprint density at radius 2 is 1.79 bits per heavy atom. The fraction of sp³-hybridized carbons (Fsp3) is 0.200. The van der Waals surface area contributed by atoms with Crippen LogP contribution < -0.4 is 4.31 Å². The second-order valence-corrected chi connectivity index (χ2v) is 9.47. The summed E-state index contributed by atoms with van der Waals surface area (Å²) in [5.74, 6) is -0.112. The number of hydrogen-bond donors (Lipinski definition) is 0. The Morgan fingerprint density at radius 3 is 2.45 bits per heavy atom. The fourth-order valence-corrected chi connectivity index (χ4v) is 5.27. The van der Waals surface area contributed by atoms with Crippen molar-refractivity contribution in [2.24, 2.45) is 0 Å². The number of carbonyl (C=O) groups is 1. The van der Waals surface area contributed by atoms with Crippen LogP contribution in [0, 0.1) is 13.8 Å². The van der Waals surface area contributed by atoms with E-state index in [0.717, 1.165) is 5.56 Å². The molecule has 0 saturated carbocycles. The highest BCUT2D eigenvalue weighted by molar-refractivity contribution is 7.92. The average molecular weight is 465 g/mol. The average Bonchev–Trinajstić information content (AvgIpc) is 3.24. The van der Waals surface area contributed by atoms with Crippen molar-refractivity contribution in [3.8, 4) is 11.5 Å². The number of ether oxygens (including phenoxy) is 1. The van der Waals surface area contributed by atoms with E-state index in [-0.39, 0.29) is 17.0 Å². The number of anilines is 1. The zero-order chi connectivity index (χ0) is 23.8. The Kier molecular flexibility index (Phi) is 5.95.